The first kappa shape index (κ1) is 24.5. The quantitative estimate of drug-likeness (QED) is 0.674. The number of ether oxygens (including phenoxy) is 2. The number of amides is 1. The van der Waals surface area contributed by atoms with Gasteiger partial charge >= 0.3 is 11.9 Å². The van der Waals surface area contributed by atoms with E-state index in [0.717, 1.165) is 75.5 Å². The van der Waals surface area contributed by atoms with Gasteiger partial charge in [-0.15, -0.1) is 0 Å². The molecule has 2 saturated heterocycles. The number of hydrogen-bond donors (Lipinski definition) is 2. The van der Waals surface area contributed by atoms with Crippen LogP contribution in [-0.4, -0.2) is 78.3 Å². The minimum Gasteiger partial charge on any atom is -0.497 e. The lowest BCUT2D eigenvalue weighted by atomic mass is 9.95. The van der Waals surface area contributed by atoms with Gasteiger partial charge in [0.15, 0.2) is 0 Å². The molecule has 172 valence electrons. The molecule has 1 aromatic carbocycles. The van der Waals surface area contributed by atoms with Crippen LogP contribution < -0.4 is 9.47 Å². The van der Waals surface area contributed by atoms with Gasteiger partial charge in [-0.05, 0) is 56.8 Å². The fraction of sp³-hybridized carbons (Fsp3) is 0.591. The third kappa shape index (κ3) is 7.43. The molecule has 31 heavy (non-hydrogen) atoms. The molecule has 1 atom stereocenters. The van der Waals surface area contributed by atoms with Gasteiger partial charge in [-0.1, -0.05) is 0 Å². The lowest BCUT2D eigenvalue weighted by Crippen LogP contribution is -2.46. The van der Waals surface area contributed by atoms with Crippen molar-refractivity contribution in [3.05, 3.63) is 23.8 Å². The Bertz CT molecular complexity index is 750. The molecule has 1 unspecified atom stereocenters. The molecule has 2 heterocycles. The van der Waals surface area contributed by atoms with E-state index in [4.69, 9.17) is 29.3 Å². The summed E-state index contributed by atoms with van der Waals surface area (Å²) in [7, 11) is 3.38. The molecule has 2 aliphatic heterocycles. The molecule has 0 radical (unpaired) electrons. The van der Waals surface area contributed by atoms with Crippen LogP contribution in [0.2, 0.25) is 0 Å². The van der Waals surface area contributed by atoms with Crippen LogP contribution in [0, 0.1) is 5.92 Å². The van der Waals surface area contributed by atoms with Gasteiger partial charge in [-0.3, -0.25) is 9.69 Å². The number of benzene rings is 1. The van der Waals surface area contributed by atoms with Crippen molar-refractivity contribution >= 4 is 17.8 Å². The molecular formula is C22H32N2O7. The van der Waals surface area contributed by atoms with E-state index < -0.39 is 11.9 Å². The summed E-state index contributed by atoms with van der Waals surface area (Å²) < 4.78 is 10.8. The van der Waals surface area contributed by atoms with E-state index in [2.05, 4.69) is 9.80 Å². The molecule has 2 aliphatic rings. The van der Waals surface area contributed by atoms with E-state index in [9.17, 15) is 4.79 Å². The van der Waals surface area contributed by atoms with Gasteiger partial charge < -0.3 is 24.6 Å². The van der Waals surface area contributed by atoms with E-state index in [1.54, 1.807) is 14.2 Å². The first-order valence-corrected chi connectivity index (χ1v) is 10.5. The van der Waals surface area contributed by atoms with Crippen LogP contribution in [0.1, 0.15) is 37.7 Å². The third-order valence-electron chi connectivity index (χ3n) is 5.59. The third-order valence-corrected chi connectivity index (χ3v) is 5.59. The van der Waals surface area contributed by atoms with Crippen molar-refractivity contribution in [3.63, 3.8) is 0 Å². The highest BCUT2D eigenvalue weighted by atomic mass is 16.5. The second-order valence-corrected chi connectivity index (χ2v) is 7.75. The predicted octanol–water partition coefficient (Wildman–Crippen LogP) is 2.08. The van der Waals surface area contributed by atoms with Crippen molar-refractivity contribution in [2.75, 3.05) is 40.4 Å². The zero-order valence-corrected chi connectivity index (χ0v) is 18.2. The van der Waals surface area contributed by atoms with E-state index in [1.807, 2.05) is 18.2 Å². The van der Waals surface area contributed by atoms with Crippen molar-refractivity contribution < 1.29 is 34.1 Å². The first-order valence-electron chi connectivity index (χ1n) is 10.5. The highest BCUT2D eigenvalue weighted by Crippen LogP contribution is 2.28. The molecule has 0 aromatic heterocycles. The van der Waals surface area contributed by atoms with Gasteiger partial charge in [0.25, 0.3) is 0 Å². The fourth-order valence-corrected chi connectivity index (χ4v) is 4.02. The summed E-state index contributed by atoms with van der Waals surface area (Å²) >= 11 is 0. The summed E-state index contributed by atoms with van der Waals surface area (Å²) in [6, 6.07) is 5.91. The number of carbonyl (C=O) groups is 3. The monoisotopic (exact) mass is 436 g/mol. The van der Waals surface area contributed by atoms with E-state index in [-0.39, 0.29) is 5.92 Å². The Morgan fingerprint density at radius 2 is 1.65 bits per heavy atom. The average Bonchev–Trinajstić information content (AvgIpc) is 2.79. The highest BCUT2D eigenvalue weighted by Gasteiger charge is 2.30. The van der Waals surface area contributed by atoms with Gasteiger partial charge in [0.2, 0.25) is 5.91 Å². The Balaban J connectivity index is 0.000000501. The average molecular weight is 437 g/mol. The van der Waals surface area contributed by atoms with Crippen molar-refractivity contribution in [1.29, 1.82) is 0 Å². The Labute approximate surface area is 182 Å². The molecule has 0 aliphatic carbocycles. The number of carboxylic acids is 2. The summed E-state index contributed by atoms with van der Waals surface area (Å²) in [6.45, 7) is 4.56. The van der Waals surface area contributed by atoms with Crippen LogP contribution in [-0.2, 0) is 20.9 Å². The molecule has 0 spiro atoms. The number of carboxylic acid groups (broad SMARTS) is 2. The predicted molar refractivity (Wildman–Crippen MR) is 113 cm³/mol. The summed E-state index contributed by atoms with van der Waals surface area (Å²) in [5.74, 6) is -1.42. The maximum absolute atomic E-state index is 12.8. The minimum atomic E-state index is -1.82. The molecule has 2 fully saturated rings. The molecule has 1 amide bonds. The Hall–Kier alpha value is -2.81. The first-order chi connectivity index (χ1) is 14.8. The number of methoxy groups -OCH3 is 2. The topological polar surface area (TPSA) is 117 Å². The Morgan fingerprint density at radius 1 is 0.968 bits per heavy atom. The number of carbonyl (C=O) groups excluding carboxylic acids is 1. The van der Waals surface area contributed by atoms with Gasteiger partial charge in [0, 0.05) is 31.7 Å². The van der Waals surface area contributed by atoms with E-state index >= 15 is 0 Å². The van der Waals surface area contributed by atoms with Crippen molar-refractivity contribution in [2.45, 2.75) is 38.6 Å². The highest BCUT2D eigenvalue weighted by molar-refractivity contribution is 6.27. The maximum Gasteiger partial charge on any atom is 0.414 e. The van der Waals surface area contributed by atoms with Crippen LogP contribution in [0.5, 0.6) is 11.5 Å². The van der Waals surface area contributed by atoms with Crippen molar-refractivity contribution in [1.82, 2.24) is 9.80 Å². The molecule has 0 saturated carbocycles. The number of hydrogen-bond acceptors (Lipinski definition) is 6. The molecule has 9 heteroatoms. The number of rotatable bonds is 5. The second kappa shape index (κ2) is 12.1. The van der Waals surface area contributed by atoms with Gasteiger partial charge in [0.1, 0.15) is 11.5 Å². The van der Waals surface area contributed by atoms with E-state index in [1.165, 1.54) is 6.42 Å². The molecule has 9 nitrogen and oxygen atoms in total. The summed E-state index contributed by atoms with van der Waals surface area (Å²) in [5.41, 5.74) is 1.12. The van der Waals surface area contributed by atoms with Crippen LogP contribution in [0.15, 0.2) is 18.2 Å². The number of aliphatic carboxylic acids is 2. The minimum absolute atomic E-state index is 0.142. The lowest BCUT2D eigenvalue weighted by Gasteiger charge is -2.36. The van der Waals surface area contributed by atoms with Crippen molar-refractivity contribution in [2.24, 2.45) is 5.92 Å². The molecule has 1 aromatic rings. The van der Waals surface area contributed by atoms with Crippen LogP contribution in [0.3, 0.4) is 0 Å². The van der Waals surface area contributed by atoms with Gasteiger partial charge in [0.05, 0.1) is 20.1 Å². The summed E-state index contributed by atoms with van der Waals surface area (Å²) in [6.07, 6.45) is 5.67. The van der Waals surface area contributed by atoms with Gasteiger partial charge in [-0.25, -0.2) is 9.59 Å². The SMILES string of the molecule is COc1ccc(OC)c(CN2CCCC(C(=O)N3CCCCC3)C2)c1.O=C(O)C(=O)O. The summed E-state index contributed by atoms with van der Waals surface area (Å²) in [5, 5.41) is 14.8. The van der Waals surface area contributed by atoms with Crippen molar-refractivity contribution in [3.8, 4) is 11.5 Å². The number of nitrogens with zero attached hydrogens (tertiary/aromatic N) is 2. The summed E-state index contributed by atoms with van der Waals surface area (Å²) in [4.78, 5) is 35.5. The Kier molecular flexibility index (Phi) is 9.58. The van der Waals surface area contributed by atoms with Crippen LogP contribution >= 0.6 is 0 Å². The van der Waals surface area contributed by atoms with Crippen LogP contribution in [0.25, 0.3) is 0 Å². The van der Waals surface area contributed by atoms with Gasteiger partial charge in [-0.2, -0.15) is 0 Å². The second-order valence-electron chi connectivity index (χ2n) is 7.75. The molecule has 2 N–H and O–H groups in total. The number of likely N-dealkylation sites (tertiary alicyclic amines) is 2. The zero-order valence-electron chi connectivity index (χ0n) is 18.2. The van der Waals surface area contributed by atoms with Crippen LogP contribution in [0.4, 0.5) is 0 Å². The number of piperidine rings is 2. The Morgan fingerprint density at radius 3 is 2.23 bits per heavy atom. The molecule has 3 rings (SSSR count). The molecule has 0 bridgehead atoms. The largest absolute Gasteiger partial charge is 0.497 e. The maximum atomic E-state index is 12.8. The normalized spacial score (nSPS) is 19.0. The lowest BCUT2D eigenvalue weighted by molar-refractivity contribution is -0.159. The zero-order chi connectivity index (χ0) is 22.8. The fourth-order valence-electron chi connectivity index (χ4n) is 4.02. The smallest absolute Gasteiger partial charge is 0.414 e. The van der Waals surface area contributed by atoms with E-state index in [0.29, 0.717) is 5.91 Å². The molecular weight excluding hydrogens is 404 g/mol. The standard InChI is InChI=1S/C20H30N2O3.C2H2O4/c1-24-18-8-9-19(25-2)17(13-18)15-21-10-6-7-16(14-21)20(23)22-11-4-3-5-12-22;3-1(4)2(5)6/h8-9,13,16H,3-7,10-12,14-15H2,1-2H3;(H,3,4)(H,5,6).